The lowest BCUT2D eigenvalue weighted by molar-refractivity contribution is -0.131. The lowest BCUT2D eigenvalue weighted by Crippen LogP contribution is -2.37. The Hall–Kier alpha value is -2.68. The number of rotatable bonds is 9. The number of para-hydroxylation sites is 1. The van der Waals surface area contributed by atoms with Gasteiger partial charge in [0, 0.05) is 35.5 Å². The molecule has 8 heteroatoms. The molecule has 0 spiro atoms. The maximum absolute atomic E-state index is 11.4. The quantitative estimate of drug-likeness (QED) is 0.280. The van der Waals surface area contributed by atoms with E-state index in [0.717, 1.165) is 43.7 Å². The molecule has 1 aliphatic rings. The van der Waals surface area contributed by atoms with Gasteiger partial charge in [0.1, 0.15) is 0 Å². The van der Waals surface area contributed by atoms with Crippen LogP contribution in [0.5, 0.6) is 11.5 Å². The smallest absolute Gasteiger partial charge is 0.331 e. The molecular weight excluding hydrogens is 442 g/mol. The maximum Gasteiger partial charge on any atom is 0.331 e. The van der Waals surface area contributed by atoms with Crippen molar-refractivity contribution in [2.45, 2.75) is 44.4 Å². The summed E-state index contributed by atoms with van der Waals surface area (Å²) >= 11 is 0. The average molecular weight is 476 g/mol. The number of hydrogen-bond donors (Lipinski definition) is 3. The van der Waals surface area contributed by atoms with Gasteiger partial charge in [-0.25, -0.2) is 4.79 Å². The molecule has 0 radical (unpaired) electrons. The first-order valence-corrected chi connectivity index (χ1v) is 12.8. The first kappa shape index (κ1) is 25.0. The fourth-order valence-electron chi connectivity index (χ4n) is 4.32. The molecule has 0 bridgehead atoms. The number of carbonyl (C=O) groups is 1. The van der Waals surface area contributed by atoms with E-state index in [-0.39, 0.29) is 16.9 Å². The minimum atomic E-state index is -3.18. The summed E-state index contributed by atoms with van der Waals surface area (Å²) in [6.07, 6.45) is 5.63. The van der Waals surface area contributed by atoms with Crippen molar-refractivity contribution >= 4 is 27.9 Å². The Labute approximate surface area is 197 Å². The lowest BCUT2D eigenvalue weighted by Gasteiger charge is -2.41. The molecule has 0 aromatic heterocycles. The van der Waals surface area contributed by atoms with Crippen molar-refractivity contribution in [3.05, 3.63) is 54.8 Å². The predicted octanol–water partition coefficient (Wildman–Crippen LogP) is 6.52. The highest BCUT2D eigenvalue weighted by Gasteiger charge is 2.42. The zero-order valence-corrected chi connectivity index (χ0v) is 20.2. The first-order chi connectivity index (χ1) is 15.7. The Morgan fingerprint density at radius 1 is 1.18 bits per heavy atom. The summed E-state index contributed by atoms with van der Waals surface area (Å²) in [5, 5.41) is 8.87. The van der Waals surface area contributed by atoms with Gasteiger partial charge >= 0.3 is 5.97 Å². The normalized spacial score (nSPS) is 20.7. The van der Waals surface area contributed by atoms with Crippen molar-refractivity contribution < 1.29 is 28.5 Å². The molecule has 1 unspecified atom stereocenters. The summed E-state index contributed by atoms with van der Waals surface area (Å²) in [4.78, 5) is 13.3. The number of ether oxygens (including phenoxy) is 2. The molecule has 7 nitrogen and oxygen atoms in total. The fraction of sp³-hybridized carbons (Fsp3) is 0.400. The summed E-state index contributed by atoms with van der Waals surface area (Å²) in [6.45, 7) is 4.88. The third-order valence-electron chi connectivity index (χ3n) is 6.17. The Morgan fingerprint density at radius 2 is 1.91 bits per heavy atom. The van der Waals surface area contributed by atoms with Crippen LogP contribution < -0.4 is 14.4 Å². The third-order valence-corrected chi connectivity index (χ3v) is 8.22. The van der Waals surface area contributed by atoms with Crippen LogP contribution in [0, 0.1) is 5.41 Å². The Bertz CT molecular complexity index is 994. The van der Waals surface area contributed by atoms with E-state index in [1.54, 1.807) is 12.1 Å². The summed E-state index contributed by atoms with van der Waals surface area (Å²) in [6, 6.07) is 13.2. The minimum absolute atomic E-state index is 0.222. The molecule has 1 aliphatic heterocycles. The van der Waals surface area contributed by atoms with Gasteiger partial charge in [-0.15, -0.1) is 0 Å². The SMILES string of the molecule is CCCCC1(CC)CN(c2ccccc2)c2cc(OC)c(O/C=C/C(=O)O)cc2S(O)(O)C1. The van der Waals surface area contributed by atoms with Crippen LogP contribution in [0.1, 0.15) is 39.5 Å². The maximum atomic E-state index is 11.4. The third kappa shape index (κ3) is 5.63. The van der Waals surface area contributed by atoms with E-state index in [1.807, 2.05) is 30.3 Å². The molecule has 0 saturated heterocycles. The second kappa shape index (κ2) is 10.5. The molecule has 33 heavy (non-hydrogen) atoms. The van der Waals surface area contributed by atoms with Gasteiger partial charge in [-0.3, -0.25) is 9.11 Å². The average Bonchev–Trinajstić information content (AvgIpc) is 2.90. The number of methoxy groups -OCH3 is 1. The lowest BCUT2D eigenvalue weighted by atomic mass is 9.81. The Balaban J connectivity index is 2.20. The number of benzene rings is 2. The molecule has 0 saturated carbocycles. The van der Waals surface area contributed by atoms with Crippen LogP contribution in [0.4, 0.5) is 11.4 Å². The van der Waals surface area contributed by atoms with Gasteiger partial charge in [0.2, 0.25) is 0 Å². The van der Waals surface area contributed by atoms with Crippen LogP contribution in [0.3, 0.4) is 0 Å². The van der Waals surface area contributed by atoms with Crippen molar-refractivity contribution in [2.75, 3.05) is 24.3 Å². The topological polar surface area (TPSA) is 99.5 Å². The van der Waals surface area contributed by atoms with Crippen molar-refractivity contribution in [3.63, 3.8) is 0 Å². The summed E-state index contributed by atoms with van der Waals surface area (Å²) in [7, 11) is -1.68. The van der Waals surface area contributed by atoms with Gasteiger partial charge in [0.15, 0.2) is 11.5 Å². The predicted molar refractivity (Wildman–Crippen MR) is 132 cm³/mol. The molecule has 1 atom stereocenters. The van der Waals surface area contributed by atoms with Gasteiger partial charge in [-0.1, -0.05) is 44.9 Å². The molecule has 0 amide bonds. The Morgan fingerprint density at radius 3 is 2.52 bits per heavy atom. The van der Waals surface area contributed by atoms with Gasteiger partial charge in [0.25, 0.3) is 0 Å². The second-order valence-corrected chi connectivity index (χ2v) is 10.5. The van der Waals surface area contributed by atoms with Gasteiger partial charge in [0.05, 0.1) is 30.0 Å². The van der Waals surface area contributed by atoms with Crippen LogP contribution in [0.15, 0.2) is 59.7 Å². The standard InChI is InChI=1S/C25H33NO6S/c1-4-6-13-25(5-2)17-26(19-10-8-7-9-11-19)20-15-21(31-3)22(32-14-12-24(27)28)16-23(20)33(29,30)18-25/h7-12,14-16,29-30H,4-6,13,17-18H2,1-3H3,(H,27,28)/b14-12+. The van der Waals surface area contributed by atoms with E-state index in [2.05, 4.69) is 18.7 Å². The number of anilines is 2. The van der Waals surface area contributed by atoms with Crippen molar-refractivity contribution in [1.82, 2.24) is 0 Å². The summed E-state index contributed by atoms with van der Waals surface area (Å²) < 4.78 is 33.9. The first-order valence-electron chi connectivity index (χ1n) is 11.1. The zero-order chi connectivity index (χ0) is 24.1. The number of unbranched alkanes of at least 4 members (excludes halogenated alkanes) is 1. The van der Waals surface area contributed by atoms with Gasteiger partial charge in [-0.05, 0) is 25.0 Å². The number of carboxylic acids is 1. The van der Waals surface area contributed by atoms with E-state index in [9.17, 15) is 13.9 Å². The van der Waals surface area contributed by atoms with Crippen LogP contribution in [-0.4, -0.2) is 39.6 Å². The molecular formula is C25H33NO6S. The monoisotopic (exact) mass is 475 g/mol. The number of fused-ring (bicyclic) bond motifs is 1. The van der Waals surface area contributed by atoms with Crippen LogP contribution >= 0.6 is 10.6 Å². The molecule has 3 rings (SSSR count). The molecule has 2 aromatic rings. The Kier molecular flexibility index (Phi) is 7.94. The summed E-state index contributed by atoms with van der Waals surface area (Å²) in [5.74, 6) is -0.299. The van der Waals surface area contributed by atoms with Crippen molar-refractivity contribution in [3.8, 4) is 11.5 Å². The number of aliphatic carboxylic acids is 1. The number of carboxylic acid groups (broad SMARTS) is 1. The van der Waals surface area contributed by atoms with E-state index in [1.165, 1.54) is 7.11 Å². The highest BCUT2D eigenvalue weighted by molar-refractivity contribution is 8.24. The molecule has 0 aliphatic carbocycles. The molecule has 0 fully saturated rings. The molecule has 2 aromatic carbocycles. The molecule has 180 valence electrons. The minimum Gasteiger partial charge on any atom is -0.493 e. The number of hydrogen-bond acceptors (Lipinski definition) is 6. The van der Waals surface area contributed by atoms with Crippen LogP contribution in [0.2, 0.25) is 0 Å². The number of nitrogens with zero attached hydrogens (tertiary/aromatic N) is 1. The van der Waals surface area contributed by atoms with E-state index < -0.39 is 16.6 Å². The van der Waals surface area contributed by atoms with E-state index in [4.69, 9.17) is 14.6 Å². The summed E-state index contributed by atoms with van der Waals surface area (Å²) in [5.41, 5.74) is 1.31. The highest BCUT2D eigenvalue weighted by Crippen LogP contribution is 2.62. The van der Waals surface area contributed by atoms with Crippen molar-refractivity contribution in [2.24, 2.45) is 5.41 Å². The fourth-order valence-corrected chi connectivity index (χ4v) is 6.57. The van der Waals surface area contributed by atoms with Crippen LogP contribution in [0.25, 0.3) is 0 Å². The second-order valence-electron chi connectivity index (χ2n) is 8.42. The van der Waals surface area contributed by atoms with Gasteiger partial charge in [-0.2, -0.15) is 10.6 Å². The van der Waals surface area contributed by atoms with Gasteiger partial charge < -0.3 is 19.5 Å². The van der Waals surface area contributed by atoms with Crippen molar-refractivity contribution in [1.29, 1.82) is 0 Å². The zero-order valence-electron chi connectivity index (χ0n) is 19.4. The highest BCUT2D eigenvalue weighted by atomic mass is 32.3. The molecule has 1 heterocycles. The van der Waals surface area contributed by atoms with E-state index >= 15 is 0 Å². The largest absolute Gasteiger partial charge is 0.493 e. The van der Waals surface area contributed by atoms with Crippen LogP contribution in [-0.2, 0) is 4.79 Å². The van der Waals surface area contributed by atoms with E-state index in [0.29, 0.717) is 22.9 Å². The molecule has 3 N–H and O–H groups in total.